The zero-order valence-corrected chi connectivity index (χ0v) is 9.91. The average Bonchev–Trinajstić information content (AvgIpc) is 2.82. The largest absolute Gasteiger partial charge is 0.826 e. The van der Waals surface area contributed by atoms with Crippen molar-refractivity contribution in [3.63, 3.8) is 0 Å². The SMILES string of the molecule is COc1ccc(O[P+](=O)On2ccnc2)cc1. The number of aromatic nitrogens is 2. The predicted molar refractivity (Wildman–Crippen MR) is 60.0 cm³/mol. The van der Waals surface area contributed by atoms with E-state index < -0.39 is 8.25 Å². The molecular weight excluding hydrogens is 243 g/mol. The summed E-state index contributed by atoms with van der Waals surface area (Å²) in [4.78, 5) is 3.74. The molecule has 17 heavy (non-hydrogen) atoms. The third kappa shape index (κ3) is 3.19. The van der Waals surface area contributed by atoms with E-state index in [2.05, 4.69) is 4.98 Å². The summed E-state index contributed by atoms with van der Waals surface area (Å²) >= 11 is 0. The van der Waals surface area contributed by atoms with Gasteiger partial charge in [-0.1, -0.05) is 0 Å². The van der Waals surface area contributed by atoms with Gasteiger partial charge in [0, 0.05) is 10.8 Å². The molecule has 0 saturated heterocycles. The zero-order chi connectivity index (χ0) is 12.1. The molecule has 0 aliphatic carbocycles. The van der Waals surface area contributed by atoms with Gasteiger partial charge >= 0.3 is 8.25 Å². The van der Waals surface area contributed by atoms with Crippen molar-refractivity contribution >= 4 is 8.25 Å². The van der Waals surface area contributed by atoms with Crippen LogP contribution in [0, 0.1) is 0 Å². The molecule has 7 heteroatoms. The van der Waals surface area contributed by atoms with Crippen LogP contribution in [0.15, 0.2) is 43.0 Å². The normalized spacial score (nSPS) is 10.8. The number of nitrogens with zero attached hydrogens (tertiary/aromatic N) is 2. The van der Waals surface area contributed by atoms with Gasteiger partial charge in [-0.2, -0.15) is 0 Å². The summed E-state index contributed by atoms with van der Waals surface area (Å²) in [5, 5.41) is 0. The van der Waals surface area contributed by atoms with Crippen molar-refractivity contribution in [2.75, 3.05) is 7.11 Å². The van der Waals surface area contributed by atoms with Crippen LogP contribution in [0.1, 0.15) is 0 Å². The maximum Gasteiger partial charge on any atom is 0.826 e. The van der Waals surface area contributed by atoms with Crippen molar-refractivity contribution in [3.05, 3.63) is 43.0 Å². The first kappa shape index (κ1) is 11.4. The van der Waals surface area contributed by atoms with Crippen LogP contribution in [0.2, 0.25) is 0 Å². The standard InChI is InChI=1S/C10H10N2O4P/c1-14-9-2-4-10(5-3-9)15-17(13)16-12-7-6-11-8-12/h2-8H,1H3/q+1. The first-order valence-corrected chi connectivity index (χ1v) is 5.83. The molecule has 0 aliphatic rings. The molecule has 1 aromatic heterocycles. The van der Waals surface area contributed by atoms with E-state index in [9.17, 15) is 4.57 Å². The second-order valence-corrected chi connectivity index (χ2v) is 3.79. The number of methoxy groups -OCH3 is 1. The topological polar surface area (TPSA) is 62.6 Å². The molecule has 88 valence electrons. The number of imidazole rings is 1. The fourth-order valence-corrected chi connectivity index (χ4v) is 1.69. The minimum Gasteiger partial charge on any atom is -0.497 e. The highest BCUT2D eigenvalue weighted by molar-refractivity contribution is 7.34. The third-order valence-electron chi connectivity index (χ3n) is 1.88. The highest BCUT2D eigenvalue weighted by Gasteiger charge is 2.24. The van der Waals surface area contributed by atoms with Gasteiger partial charge in [-0.25, -0.2) is 9.51 Å². The lowest BCUT2D eigenvalue weighted by molar-refractivity contribution is 0.253. The Hall–Kier alpha value is -2.07. The Balaban J connectivity index is 1.93. The maximum absolute atomic E-state index is 11.5. The van der Waals surface area contributed by atoms with Crippen LogP contribution in [0.25, 0.3) is 0 Å². The molecule has 0 bridgehead atoms. The highest BCUT2D eigenvalue weighted by Crippen LogP contribution is 2.26. The lowest BCUT2D eigenvalue weighted by atomic mass is 10.3. The fraction of sp³-hybridized carbons (Fsp3) is 0.100. The maximum atomic E-state index is 11.5. The van der Waals surface area contributed by atoms with Gasteiger partial charge in [-0.15, -0.1) is 9.35 Å². The minimum absolute atomic E-state index is 0.437. The van der Waals surface area contributed by atoms with E-state index in [-0.39, 0.29) is 0 Å². The smallest absolute Gasteiger partial charge is 0.497 e. The van der Waals surface area contributed by atoms with Gasteiger partial charge in [0.1, 0.15) is 12.1 Å². The van der Waals surface area contributed by atoms with Crippen LogP contribution < -0.4 is 13.9 Å². The molecule has 0 saturated carbocycles. The monoisotopic (exact) mass is 253 g/mol. The number of ether oxygens (including phenoxy) is 1. The van der Waals surface area contributed by atoms with Gasteiger partial charge < -0.3 is 4.74 Å². The van der Waals surface area contributed by atoms with Gasteiger partial charge in [0.15, 0.2) is 5.75 Å². The summed E-state index contributed by atoms with van der Waals surface area (Å²) in [6, 6.07) is 6.69. The molecule has 6 nitrogen and oxygen atoms in total. The number of rotatable bonds is 5. The molecule has 2 rings (SSSR count). The number of hydrogen-bond donors (Lipinski definition) is 0. The quantitative estimate of drug-likeness (QED) is 0.763. The number of benzene rings is 1. The van der Waals surface area contributed by atoms with Gasteiger partial charge in [0.2, 0.25) is 0 Å². The van der Waals surface area contributed by atoms with Gasteiger partial charge in [-0.3, -0.25) is 0 Å². The van der Waals surface area contributed by atoms with Crippen molar-refractivity contribution in [2.24, 2.45) is 0 Å². The average molecular weight is 253 g/mol. The Labute approximate surface area is 98.7 Å². The molecule has 2 aromatic rings. The molecule has 1 unspecified atom stereocenters. The third-order valence-corrected chi connectivity index (χ3v) is 2.56. The Bertz CT molecular complexity index is 484. The van der Waals surface area contributed by atoms with E-state index in [1.807, 2.05) is 0 Å². The molecule has 0 radical (unpaired) electrons. The minimum atomic E-state index is -2.29. The van der Waals surface area contributed by atoms with Crippen LogP contribution in [0.4, 0.5) is 0 Å². The van der Waals surface area contributed by atoms with Crippen LogP contribution >= 0.6 is 8.25 Å². The molecule has 0 aliphatic heterocycles. The summed E-state index contributed by atoms with van der Waals surface area (Å²) in [6.07, 6.45) is 4.41. The second kappa shape index (κ2) is 5.32. The van der Waals surface area contributed by atoms with Gasteiger partial charge in [0.25, 0.3) is 0 Å². The van der Waals surface area contributed by atoms with Gasteiger partial charge in [-0.05, 0) is 24.3 Å². The lowest BCUT2D eigenvalue weighted by Gasteiger charge is -1.98. The van der Waals surface area contributed by atoms with Crippen LogP contribution in [0.3, 0.4) is 0 Å². The summed E-state index contributed by atoms with van der Waals surface area (Å²) in [7, 11) is -0.721. The van der Waals surface area contributed by atoms with E-state index in [4.69, 9.17) is 13.9 Å². The molecule has 1 heterocycles. The summed E-state index contributed by atoms with van der Waals surface area (Å²) in [5.41, 5.74) is 0. The molecule has 1 atom stereocenters. The van der Waals surface area contributed by atoms with E-state index in [0.717, 1.165) is 0 Å². The summed E-state index contributed by atoms with van der Waals surface area (Å²) in [5.74, 6) is 1.13. The highest BCUT2D eigenvalue weighted by atomic mass is 31.1. The molecule has 1 aromatic carbocycles. The molecule has 0 fully saturated rings. The van der Waals surface area contributed by atoms with Crippen LogP contribution in [0.5, 0.6) is 11.5 Å². The van der Waals surface area contributed by atoms with Crippen molar-refractivity contribution < 1.29 is 18.5 Å². The lowest BCUT2D eigenvalue weighted by Crippen LogP contribution is -2.02. The molecular formula is C10H10N2O4P+. The van der Waals surface area contributed by atoms with Gasteiger partial charge in [0.05, 0.1) is 13.3 Å². The first-order chi connectivity index (χ1) is 8.28. The van der Waals surface area contributed by atoms with Crippen molar-refractivity contribution in [1.82, 2.24) is 9.71 Å². The van der Waals surface area contributed by atoms with E-state index in [1.54, 1.807) is 31.4 Å². The first-order valence-electron chi connectivity index (χ1n) is 4.73. The summed E-state index contributed by atoms with van der Waals surface area (Å²) < 4.78 is 27.7. The Kier molecular flexibility index (Phi) is 3.57. The predicted octanol–water partition coefficient (Wildman–Crippen LogP) is 2.06. The molecule has 0 spiro atoms. The number of hydrogen-bond acceptors (Lipinski definition) is 5. The Morgan fingerprint density at radius 1 is 1.24 bits per heavy atom. The Morgan fingerprint density at radius 3 is 2.53 bits per heavy atom. The zero-order valence-electron chi connectivity index (χ0n) is 9.02. The fourth-order valence-electron chi connectivity index (χ4n) is 1.11. The Morgan fingerprint density at radius 2 is 1.94 bits per heavy atom. The van der Waals surface area contributed by atoms with Crippen LogP contribution in [-0.2, 0) is 4.57 Å². The molecule has 0 N–H and O–H groups in total. The van der Waals surface area contributed by atoms with Crippen molar-refractivity contribution in [1.29, 1.82) is 0 Å². The van der Waals surface area contributed by atoms with Crippen molar-refractivity contribution in [3.8, 4) is 11.5 Å². The second-order valence-electron chi connectivity index (χ2n) is 2.99. The van der Waals surface area contributed by atoms with E-state index >= 15 is 0 Å². The van der Waals surface area contributed by atoms with Crippen LogP contribution in [-0.4, -0.2) is 16.8 Å². The van der Waals surface area contributed by atoms with E-state index in [1.165, 1.54) is 23.5 Å². The van der Waals surface area contributed by atoms with Crippen molar-refractivity contribution in [2.45, 2.75) is 0 Å². The molecule has 0 amide bonds. The van der Waals surface area contributed by atoms with E-state index in [0.29, 0.717) is 11.5 Å². The summed E-state index contributed by atoms with van der Waals surface area (Å²) in [6.45, 7) is 0.